The molecule has 3 heteroatoms. The van der Waals surface area contributed by atoms with E-state index in [1.54, 1.807) is 6.07 Å². The van der Waals surface area contributed by atoms with Gasteiger partial charge in [-0.3, -0.25) is 0 Å². The van der Waals surface area contributed by atoms with Gasteiger partial charge in [0.1, 0.15) is 5.82 Å². The van der Waals surface area contributed by atoms with Gasteiger partial charge in [0.05, 0.1) is 5.69 Å². The van der Waals surface area contributed by atoms with Gasteiger partial charge in [-0.05, 0) is 56.2 Å². The van der Waals surface area contributed by atoms with Crippen LogP contribution in [0.2, 0.25) is 0 Å². The Labute approximate surface area is 140 Å². The maximum Gasteiger partial charge on any atom is 0.146 e. The Bertz CT molecular complexity index is 510. The van der Waals surface area contributed by atoms with E-state index in [9.17, 15) is 4.39 Å². The van der Waals surface area contributed by atoms with E-state index < -0.39 is 0 Å². The number of benzene rings is 1. The van der Waals surface area contributed by atoms with Crippen molar-refractivity contribution in [3.8, 4) is 0 Å². The molecule has 3 rings (SSSR count). The first-order valence-electron chi connectivity index (χ1n) is 9.44. The zero-order chi connectivity index (χ0) is 16.2. The largest absolute Gasteiger partial charge is 0.369 e. The van der Waals surface area contributed by atoms with E-state index >= 15 is 0 Å². The lowest BCUT2D eigenvalue weighted by molar-refractivity contribution is 0.346. The lowest BCUT2D eigenvalue weighted by atomic mass is 9.94. The summed E-state index contributed by atoms with van der Waals surface area (Å²) in [6, 6.07) is 6.67. The van der Waals surface area contributed by atoms with Crippen molar-refractivity contribution in [2.75, 3.05) is 18.0 Å². The van der Waals surface area contributed by atoms with Crippen molar-refractivity contribution < 1.29 is 4.39 Å². The number of halogens is 1. The molecule has 2 aliphatic rings. The highest BCUT2D eigenvalue weighted by Gasteiger charge is 2.21. The molecule has 1 aliphatic heterocycles. The molecule has 128 valence electrons. The predicted octanol–water partition coefficient (Wildman–Crippen LogP) is 5.05. The first kappa shape index (κ1) is 16.8. The summed E-state index contributed by atoms with van der Waals surface area (Å²) < 4.78 is 14.6. The maximum absolute atomic E-state index is 14.6. The van der Waals surface area contributed by atoms with Gasteiger partial charge in [0.25, 0.3) is 0 Å². The molecule has 0 unspecified atom stereocenters. The van der Waals surface area contributed by atoms with Crippen LogP contribution in [0.3, 0.4) is 0 Å². The summed E-state index contributed by atoms with van der Waals surface area (Å²) in [4.78, 5) is 2.21. The molecule has 23 heavy (non-hydrogen) atoms. The molecule has 2 nitrogen and oxygen atoms in total. The molecule has 1 aromatic carbocycles. The second-order valence-electron chi connectivity index (χ2n) is 7.63. The number of hydrogen-bond donors (Lipinski definition) is 1. The van der Waals surface area contributed by atoms with Crippen LogP contribution < -0.4 is 10.2 Å². The molecule has 0 spiro atoms. The molecule has 1 aliphatic carbocycles. The number of nitrogens with zero attached hydrogens (tertiary/aromatic N) is 1. The van der Waals surface area contributed by atoms with Crippen LogP contribution in [-0.2, 0) is 0 Å². The lowest BCUT2D eigenvalue weighted by Gasteiger charge is -2.33. The van der Waals surface area contributed by atoms with Crippen molar-refractivity contribution in [1.29, 1.82) is 0 Å². The van der Waals surface area contributed by atoms with Crippen LogP contribution in [0.5, 0.6) is 0 Å². The summed E-state index contributed by atoms with van der Waals surface area (Å²) in [6.07, 6.45) is 8.97. The van der Waals surface area contributed by atoms with E-state index in [4.69, 9.17) is 0 Å². The third-order valence-corrected chi connectivity index (χ3v) is 5.56. The van der Waals surface area contributed by atoms with Crippen LogP contribution in [0.15, 0.2) is 18.2 Å². The minimum Gasteiger partial charge on any atom is -0.369 e. The van der Waals surface area contributed by atoms with Crippen LogP contribution in [0.25, 0.3) is 0 Å². The molecular formula is C20H31FN2. The van der Waals surface area contributed by atoms with Gasteiger partial charge in [0.2, 0.25) is 0 Å². The second-order valence-corrected chi connectivity index (χ2v) is 7.63. The van der Waals surface area contributed by atoms with Crippen molar-refractivity contribution in [3.63, 3.8) is 0 Å². The quantitative estimate of drug-likeness (QED) is 0.836. The molecule has 1 saturated heterocycles. The summed E-state index contributed by atoms with van der Waals surface area (Å²) in [7, 11) is 0. The Morgan fingerprint density at radius 2 is 1.91 bits per heavy atom. The summed E-state index contributed by atoms with van der Waals surface area (Å²) in [5.41, 5.74) is 1.85. The molecule has 0 bridgehead atoms. The molecule has 0 radical (unpaired) electrons. The third kappa shape index (κ3) is 4.26. The molecule has 1 saturated carbocycles. The van der Waals surface area contributed by atoms with E-state index in [0.29, 0.717) is 12.0 Å². The van der Waals surface area contributed by atoms with Gasteiger partial charge in [0, 0.05) is 25.2 Å². The zero-order valence-corrected chi connectivity index (χ0v) is 14.7. The van der Waals surface area contributed by atoms with Gasteiger partial charge < -0.3 is 10.2 Å². The topological polar surface area (TPSA) is 15.3 Å². The number of piperidine rings is 1. The third-order valence-electron chi connectivity index (χ3n) is 5.56. The first-order valence-corrected chi connectivity index (χ1v) is 9.44. The van der Waals surface area contributed by atoms with Gasteiger partial charge >= 0.3 is 0 Å². The average molecular weight is 318 g/mol. The fraction of sp³-hybridized carbons (Fsp3) is 0.700. The Kier molecular flexibility index (Phi) is 5.58. The molecule has 2 fully saturated rings. The summed E-state index contributed by atoms with van der Waals surface area (Å²) in [6.45, 7) is 6.38. The predicted molar refractivity (Wildman–Crippen MR) is 95.4 cm³/mol. The fourth-order valence-corrected chi connectivity index (χ4v) is 4.18. The highest BCUT2D eigenvalue weighted by Crippen LogP contribution is 2.28. The normalized spacial score (nSPS) is 24.7. The standard InChI is InChI=1S/C20H31FN2/c1-15-7-6-12-23(14-15)20-11-10-17(13-19(20)21)16(2)22-18-8-4-3-5-9-18/h10-11,13,15-16,18,22H,3-9,12,14H2,1-2H3/t15-,16-/m1/s1. The molecule has 1 heterocycles. The van der Waals surface area contributed by atoms with E-state index in [1.807, 2.05) is 6.07 Å². The van der Waals surface area contributed by atoms with Crippen molar-refractivity contribution >= 4 is 5.69 Å². The van der Waals surface area contributed by atoms with Gasteiger partial charge in [-0.15, -0.1) is 0 Å². The number of hydrogen-bond acceptors (Lipinski definition) is 2. The van der Waals surface area contributed by atoms with E-state index in [-0.39, 0.29) is 11.9 Å². The van der Waals surface area contributed by atoms with Crippen LogP contribution in [0.1, 0.15) is 70.4 Å². The summed E-state index contributed by atoms with van der Waals surface area (Å²) in [5, 5.41) is 3.69. The SMILES string of the molecule is C[C@@H]1CCCN(c2ccc([C@@H](C)NC3CCCCC3)cc2F)C1. The Hall–Kier alpha value is -1.09. The molecule has 1 aromatic rings. The lowest BCUT2D eigenvalue weighted by Crippen LogP contribution is -2.35. The summed E-state index contributed by atoms with van der Waals surface area (Å²) in [5.74, 6) is 0.601. The van der Waals surface area contributed by atoms with Crippen molar-refractivity contribution in [1.82, 2.24) is 5.32 Å². The molecule has 0 amide bonds. The maximum atomic E-state index is 14.6. The minimum atomic E-state index is -0.0612. The first-order chi connectivity index (χ1) is 11.1. The number of anilines is 1. The fourth-order valence-electron chi connectivity index (χ4n) is 4.18. The highest BCUT2D eigenvalue weighted by atomic mass is 19.1. The Morgan fingerprint density at radius 3 is 2.61 bits per heavy atom. The monoisotopic (exact) mass is 318 g/mol. The van der Waals surface area contributed by atoms with Crippen molar-refractivity contribution in [2.24, 2.45) is 5.92 Å². The number of nitrogens with one attached hydrogen (secondary N) is 1. The average Bonchev–Trinajstić information content (AvgIpc) is 2.55. The smallest absolute Gasteiger partial charge is 0.146 e. The van der Waals surface area contributed by atoms with Crippen LogP contribution in [-0.4, -0.2) is 19.1 Å². The Balaban J connectivity index is 1.65. The van der Waals surface area contributed by atoms with Crippen LogP contribution in [0, 0.1) is 11.7 Å². The van der Waals surface area contributed by atoms with Gasteiger partial charge in [-0.2, -0.15) is 0 Å². The van der Waals surface area contributed by atoms with E-state index in [1.165, 1.54) is 44.9 Å². The Morgan fingerprint density at radius 1 is 1.13 bits per heavy atom. The molecule has 0 aromatic heterocycles. The van der Waals surface area contributed by atoms with Gasteiger partial charge in [-0.25, -0.2) is 4.39 Å². The molecule has 2 atom stereocenters. The summed E-state index contributed by atoms with van der Waals surface area (Å²) >= 11 is 0. The molecule has 1 N–H and O–H groups in total. The minimum absolute atomic E-state index is 0.0612. The van der Waals surface area contributed by atoms with Crippen molar-refractivity contribution in [3.05, 3.63) is 29.6 Å². The van der Waals surface area contributed by atoms with Crippen LogP contribution in [0.4, 0.5) is 10.1 Å². The molecular weight excluding hydrogens is 287 g/mol. The van der Waals surface area contributed by atoms with E-state index in [0.717, 1.165) is 24.3 Å². The second kappa shape index (κ2) is 7.65. The number of rotatable bonds is 4. The van der Waals surface area contributed by atoms with Crippen molar-refractivity contribution in [2.45, 2.75) is 70.9 Å². The van der Waals surface area contributed by atoms with E-state index in [2.05, 4.69) is 30.1 Å². The highest BCUT2D eigenvalue weighted by molar-refractivity contribution is 5.50. The van der Waals surface area contributed by atoms with Crippen LogP contribution >= 0.6 is 0 Å². The van der Waals surface area contributed by atoms with Gasteiger partial charge in [-0.1, -0.05) is 32.3 Å². The zero-order valence-electron chi connectivity index (χ0n) is 14.7. The van der Waals surface area contributed by atoms with Gasteiger partial charge in [0.15, 0.2) is 0 Å².